The van der Waals surface area contributed by atoms with Crippen LogP contribution in [0.3, 0.4) is 0 Å². The molecule has 1 N–H and O–H groups in total. The van der Waals surface area contributed by atoms with E-state index in [9.17, 15) is 9.59 Å². The average Bonchev–Trinajstić information content (AvgIpc) is 2.56. The van der Waals surface area contributed by atoms with E-state index in [-0.39, 0.29) is 11.9 Å². The average molecular weight is 332 g/mol. The molecule has 0 bridgehead atoms. The summed E-state index contributed by atoms with van der Waals surface area (Å²) in [5.41, 5.74) is 2.44. The monoisotopic (exact) mass is 332 g/mol. The van der Waals surface area contributed by atoms with Gasteiger partial charge in [0, 0.05) is 0 Å². The third-order valence-electron chi connectivity index (χ3n) is 4.69. The second-order valence-electron chi connectivity index (χ2n) is 7.14. The van der Waals surface area contributed by atoms with Crippen molar-refractivity contribution in [3.63, 3.8) is 0 Å². The summed E-state index contributed by atoms with van der Waals surface area (Å²) in [5, 5.41) is 9.04. The molecule has 1 aliphatic carbocycles. The third-order valence-corrected chi connectivity index (χ3v) is 4.69. The topological polar surface area (TPSA) is 63.6 Å². The van der Waals surface area contributed by atoms with Crippen molar-refractivity contribution in [3.8, 4) is 0 Å². The normalized spacial score (nSPS) is 16.7. The van der Waals surface area contributed by atoms with Gasteiger partial charge < -0.3 is 9.84 Å². The van der Waals surface area contributed by atoms with Gasteiger partial charge in [-0.15, -0.1) is 0 Å². The molecule has 0 heterocycles. The number of carbonyl (C=O) groups is 2. The lowest BCUT2D eigenvalue weighted by atomic mass is 9.83. The number of rotatable bonds is 8. The van der Waals surface area contributed by atoms with Gasteiger partial charge in [-0.3, -0.25) is 4.79 Å². The minimum Gasteiger partial charge on any atom is -0.478 e. The van der Waals surface area contributed by atoms with Crippen LogP contribution in [-0.4, -0.2) is 23.7 Å². The van der Waals surface area contributed by atoms with Crippen molar-refractivity contribution >= 4 is 11.9 Å². The predicted octanol–water partition coefficient (Wildman–Crippen LogP) is 4.25. The summed E-state index contributed by atoms with van der Waals surface area (Å²) in [4.78, 5) is 23.2. The molecular formula is C20H28O4. The lowest BCUT2D eigenvalue weighted by molar-refractivity contribution is -0.149. The summed E-state index contributed by atoms with van der Waals surface area (Å²) in [5.74, 6) is -0.371. The molecule has 132 valence electrons. The lowest BCUT2D eigenvalue weighted by Gasteiger charge is -2.23. The van der Waals surface area contributed by atoms with Crippen molar-refractivity contribution in [3.05, 3.63) is 34.9 Å². The maximum Gasteiger partial charge on any atom is 0.335 e. The van der Waals surface area contributed by atoms with Crippen LogP contribution in [0.15, 0.2) is 18.2 Å². The van der Waals surface area contributed by atoms with Gasteiger partial charge in [-0.2, -0.15) is 0 Å². The van der Waals surface area contributed by atoms with Crippen molar-refractivity contribution in [1.29, 1.82) is 0 Å². The highest BCUT2D eigenvalue weighted by Gasteiger charge is 2.26. The SMILES string of the molecule is CC(C)CCCCCOC(=O)C1CCc2cc(C(=O)O)ccc2C1. The largest absolute Gasteiger partial charge is 0.478 e. The number of carboxylic acids is 1. The molecule has 1 aliphatic rings. The van der Waals surface area contributed by atoms with E-state index < -0.39 is 5.97 Å². The van der Waals surface area contributed by atoms with Gasteiger partial charge in [0.1, 0.15) is 0 Å². The van der Waals surface area contributed by atoms with Crippen LogP contribution < -0.4 is 0 Å². The Kier molecular flexibility index (Phi) is 6.83. The number of aromatic carboxylic acids is 1. The van der Waals surface area contributed by atoms with Crippen molar-refractivity contribution in [2.45, 2.75) is 58.8 Å². The number of carbonyl (C=O) groups excluding carboxylic acids is 1. The van der Waals surface area contributed by atoms with Crippen molar-refractivity contribution in [1.82, 2.24) is 0 Å². The highest BCUT2D eigenvalue weighted by Crippen LogP contribution is 2.27. The van der Waals surface area contributed by atoms with Crippen molar-refractivity contribution in [2.24, 2.45) is 11.8 Å². The highest BCUT2D eigenvalue weighted by atomic mass is 16.5. The van der Waals surface area contributed by atoms with E-state index in [1.165, 1.54) is 12.8 Å². The molecule has 4 heteroatoms. The van der Waals surface area contributed by atoms with Crippen LogP contribution in [0.4, 0.5) is 0 Å². The zero-order valence-corrected chi connectivity index (χ0v) is 14.7. The van der Waals surface area contributed by atoms with Gasteiger partial charge in [-0.1, -0.05) is 39.2 Å². The number of hydrogen-bond acceptors (Lipinski definition) is 3. The van der Waals surface area contributed by atoms with E-state index >= 15 is 0 Å². The van der Waals surface area contributed by atoms with E-state index in [1.54, 1.807) is 12.1 Å². The van der Waals surface area contributed by atoms with Crippen molar-refractivity contribution in [2.75, 3.05) is 6.61 Å². The highest BCUT2D eigenvalue weighted by molar-refractivity contribution is 5.88. The molecule has 0 aliphatic heterocycles. The van der Waals surface area contributed by atoms with E-state index in [4.69, 9.17) is 9.84 Å². The second kappa shape index (κ2) is 8.86. The maximum absolute atomic E-state index is 12.2. The standard InChI is InChI=1S/C20H28O4/c1-14(2)6-4-3-5-11-24-20(23)18-10-8-15-12-17(19(21)22)9-7-16(15)13-18/h7,9,12,14,18H,3-6,8,10-11,13H2,1-2H3,(H,21,22). The van der Waals surface area contributed by atoms with E-state index in [1.807, 2.05) is 6.07 Å². The molecule has 0 amide bonds. The second-order valence-corrected chi connectivity index (χ2v) is 7.14. The molecule has 0 fully saturated rings. The maximum atomic E-state index is 12.2. The first-order valence-electron chi connectivity index (χ1n) is 8.99. The fourth-order valence-corrected chi connectivity index (χ4v) is 3.21. The Morgan fingerprint density at radius 3 is 2.71 bits per heavy atom. The summed E-state index contributed by atoms with van der Waals surface area (Å²) in [6, 6.07) is 5.18. The van der Waals surface area contributed by atoms with Crippen LogP contribution in [0.1, 0.15) is 67.4 Å². The number of benzene rings is 1. The minimum absolute atomic E-state index is 0.0937. The molecule has 2 rings (SSSR count). The van der Waals surface area contributed by atoms with Gasteiger partial charge >= 0.3 is 11.9 Å². The third kappa shape index (κ3) is 5.36. The Balaban J connectivity index is 1.76. The van der Waals surface area contributed by atoms with Gasteiger partial charge in [0.25, 0.3) is 0 Å². The lowest BCUT2D eigenvalue weighted by Crippen LogP contribution is -2.25. The van der Waals surface area contributed by atoms with Gasteiger partial charge in [0.2, 0.25) is 0 Å². The zero-order chi connectivity index (χ0) is 17.5. The minimum atomic E-state index is -0.906. The first-order chi connectivity index (χ1) is 11.5. The number of hydrogen-bond donors (Lipinski definition) is 1. The number of fused-ring (bicyclic) bond motifs is 1. The molecule has 0 radical (unpaired) electrons. The van der Waals surface area contributed by atoms with Crippen LogP contribution in [0.5, 0.6) is 0 Å². The van der Waals surface area contributed by atoms with Crippen LogP contribution >= 0.6 is 0 Å². The van der Waals surface area contributed by atoms with Crippen LogP contribution in [0.25, 0.3) is 0 Å². The summed E-state index contributed by atoms with van der Waals surface area (Å²) in [6.07, 6.45) is 6.60. The van der Waals surface area contributed by atoms with E-state index in [2.05, 4.69) is 13.8 Å². The molecule has 4 nitrogen and oxygen atoms in total. The Hall–Kier alpha value is -1.84. The molecule has 24 heavy (non-hydrogen) atoms. The zero-order valence-electron chi connectivity index (χ0n) is 14.7. The number of esters is 1. The molecule has 1 unspecified atom stereocenters. The fourth-order valence-electron chi connectivity index (χ4n) is 3.21. The van der Waals surface area contributed by atoms with E-state index in [0.29, 0.717) is 18.6 Å². The first kappa shape index (κ1) is 18.5. The Morgan fingerprint density at radius 2 is 2.00 bits per heavy atom. The molecular weight excluding hydrogens is 304 g/mol. The number of carboxylic acid groups (broad SMARTS) is 1. The fraction of sp³-hybridized carbons (Fsp3) is 0.600. The first-order valence-corrected chi connectivity index (χ1v) is 8.99. The molecule has 0 saturated carbocycles. The van der Waals surface area contributed by atoms with Gasteiger partial charge in [-0.25, -0.2) is 4.79 Å². The molecule has 0 aromatic heterocycles. The van der Waals surface area contributed by atoms with Crippen LogP contribution in [-0.2, 0) is 22.4 Å². The molecule has 1 atom stereocenters. The smallest absolute Gasteiger partial charge is 0.335 e. The Labute approximate surface area is 144 Å². The summed E-state index contributed by atoms with van der Waals surface area (Å²) in [6.45, 7) is 4.96. The number of aryl methyl sites for hydroxylation is 1. The Bertz CT molecular complexity index is 577. The molecule has 0 spiro atoms. The Morgan fingerprint density at radius 1 is 1.21 bits per heavy atom. The molecule has 0 saturated heterocycles. The van der Waals surface area contributed by atoms with Crippen LogP contribution in [0, 0.1) is 11.8 Å². The number of ether oxygens (including phenoxy) is 1. The summed E-state index contributed by atoms with van der Waals surface area (Å²) in [7, 11) is 0. The summed E-state index contributed by atoms with van der Waals surface area (Å²) >= 11 is 0. The quantitative estimate of drug-likeness (QED) is 0.571. The van der Waals surface area contributed by atoms with Crippen LogP contribution in [0.2, 0.25) is 0 Å². The van der Waals surface area contributed by atoms with Gasteiger partial charge in [0.15, 0.2) is 0 Å². The van der Waals surface area contributed by atoms with Gasteiger partial charge in [-0.05, 0) is 54.9 Å². The molecule has 1 aromatic carbocycles. The van der Waals surface area contributed by atoms with Crippen molar-refractivity contribution < 1.29 is 19.4 Å². The number of unbranched alkanes of at least 4 members (excludes halogenated alkanes) is 2. The predicted molar refractivity (Wildman–Crippen MR) is 93.2 cm³/mol. The van der Waals surface area contributed by atoms with Gasteiger partial charge in [0.05, 0.1) is 18.1 Å². The summed E-state index contributed by atoms with van der Waals surface area (Å²) < 4.78 is 5.43. The van der Waals surface area contributed by atoms with E-state index in [0.717, 1.165) is 42.7 Å². The molecule has 1 aromatic rings.